The molecule has 0 spiro atoms. The monoisotopic (exact) mass is 289 g/mol. The molecule has 1 unspecified atom stereocenters. The van der Waals surface area contributed by atoms with Gasteiger partial charge in [-0.3, -0.25) is 0 Å². The Bertz CT molecular complexity index is 539. The van der Waals surface area contributed by atoms with Crippen LogP contribution < -0.4 is 14.8 Å². The highest BCUT2D eigenvalue weighted by molar-refractivity contribution is 5.47. The molecule has 0 aliphatic rings. The molecule has 3 N–H and O–H groups in total. The number of ether oxygens (including phenoxy) is 2. The van der Waals surface area contributed by atoms with Gasteiger partial charge in [0.2, 0.25) is 0 Å². The number of methoxy groups -OCH3 is 1. The number of rotatable bonds is 7. The molecular weight excluding hydrogens is 270 g/mol. The molecule has 0 saturated heterocycles. The smallest absolute Gasteiger partial charge is 0.127 e. The van der Waals surface area contributed by atoms with E-state index in [4.69, 9.17) is 14.6 Å². The zero-order valence-electron chi connectivity index (χ0n) is 11.8. The third-order valence-electron chi connectivity index (χ3n) is 2.90. The van der Waals surface area contributed by atoms with Gasteiger partial charge in [-0.15, -0.1) is 0 Å². The van der Waals surface area contributed by atoms with Crippen LogP contribution in [0.4, 0.5) is 5.69 Å². The van der Waals surface area contributed by atoms with Gasteiger partial charge in [-0.25, -0.2) is 0 Å². The molecule has 2 aromatic carbocycles. The zero-order valence-corrected chi connectivity index (χ0v) is 11.8. The Labute approximate surface area is 123 Å². The van der Waals surface area contributed by atoms with E-state index in [0.717, 1.165) is 17.2 Å². The van der Waals surface area contributed by atoms with Gasteiger partial charge in [0, 0.05) is 12.2 Å². The molecule has 2 aromatic rings. The van der Waals surface area contributed by atoms with Crippen LogP contribution in [0.25, 0.3) is 0 Å². The highest BCUT2D eigenvalue weighted by atomic mass is 16.5. The van der Waals surface area contributed by atoms with E-state index in [-0.39, 0.29) is 6.61 Å². The summed E-state index contributed by atoms with van der Waals surface area (Å²) in [5, 5.41) is 21.0. The molecule has 0 amide bonds. The number of hydrogen-bond acceptors (Lipinski definition) is 5. The van der Waals surface area contributed by atoms with E-state index in [1.54, 1.807) is 7.11 Å². The minimum atomic E-state index is -0.764. The lowest BCUT2D eigenvalue weighted by molar-refractivity contribution is 0.105. The number of aliphatic hydroxyl groups is 2. The average Bonchev–Trinajstić information content (AvgIpc) is 2.54. The summed E-state index contributed by atoms with van der Waals surface area (Å²) in [6.07, 6.45) is -0.764. The standard InChI is InChI=1S/C16H19NO4/c1-20-14-6-8-16(9-7-14)21-15-4-2-12(3-5-15)17-10-13(19)11-18/h2-9,13,17-19H,10-11H2,1H3. The van der Waals surface area contributed by atoms with Crippen molar-refractivity contribution in [2.24, 2.45) is 0 Å². The van der Waals surface area contributed by atoms with Crippen molar-refractivity contribution in [1.29, 1.82) is 0 Å². The summed E-state index contributed by atoms with van der Waals surface area (Å²) in [6, 6.07) is 14.7. The maximum absolute atomic E-state index is 9.26. The van der Waals surface area contributed by atoms with Crippen LogP contribution in [0.3, 0.4) is 0 Å². The van der Waals surface area contributed by atoms with E-state index in [0.29, 0.717) is 12.3 Å². The molecule has 0 radical (unpaired) electrons. The summed E-state index contributed by atoms with van der Waals surface area (Å²) in [5.74, 6) is 2.23. The maximum Gasteiger partial charge on any atom is 0.127 e. The quantitative estimate of drug-likeness (QED) is 0.729. The number of aliphatic hydroxyl groups excluding tert-OH is 2. The molecule has 0 fully saturated rings. The minimum Gasteiger partial charge on any atom is -0.497 e. The van der Waals surface area contributed by atoms with Gasteiger partial charge in [-0.1, -0.05) is 0 Å². The molecule has 1 atom stereocenters. The first-order valence-corrected chi connectivity index (χ1v) is 6.66. The molecule has 0 saturated carbocycles. The molecule has 5 heteroatoms. The van der Waals surface area contributed by atoms with E-state index in [9.17, 15) is 5.11 Å². The van der Waals surface area contributed by atoms with E-state index in [1.165, 1.54) is 0 Å². The summed E-state index contributed by atoms with van der Waals surface area (Å²) < 4.78 is 10.8. The number of nitrogens with one attached hydrogen (secondary N) is 1. The molecular formula is C16H19NO4. The van der Waals surface area contributed by atoms with Crippen molar-refractivity contribution in [3.05, 3.63) is 48.5 Å². The molecule has 0 aromatic heterocycles. The van der Waals surface area contributed by atoms with Crippen molar-refractivity contribution in [3.8, 4) is 17.2 Å². The first kappa shape index (κ1) is 15.2. The Hall–Kier alpha value is -2.24. The molecule has 0 heterocycles. The van der Waals surface area contributed by atoms with Gasteiger partial charge < -0.3 is 25.0 Å². The van der Waals surface area contributed by atoms with Gasteiger partial charge in [0.25, 0.3) is 0 Å². The molecule has 112 valence electrons. The average molecular weight is 289 g/mol. The van der Waals surface area contributed by atoms with Crippen LogP contribution in [0.15, 0.2) is 48.5 Å². The second-order valence-corrected chi connectivity index (χ2v) is 4.52. The molecule has 21 heavy (non-hydrogen) atoms. The highest BCUT2D eigenvalue weighted by Gasteiger charge is 2.02. The van der Waals surface area contributed by atoms with E-state index < -0.39 is 6.10 Å². The number of benzene rings is 2. The van der Waals surface area contributed by atoms with Gasteiger partial charge in [-0.05, 0) is 48.5 Å². The van der Waals surface area contributed by atoms with Gasteiger partial charge in [0.15, 0.2) is 0 Å². The van der Waals surface area contributed by atoms with Crippen LogP contribution in [0, 0.1) is 0 Å². The summed E-state index contributed by atoms with van der Waals surface area (Å²) in [6.45, 7) is 0.0425. The summed E-state index contributed by atoms with van der Waals surface area (Å²) in [7, 11) is 1.62. The lowest BCUT2D eigenvalue weighted by Crippen LogP contribution is -2.22. The Balaban J connectivity index is 1.92. The molecule has 0 bridgehead atoms. The molecule has 0 aliphatic carbocycles. The maximum atomic E-state index is 9.26. The highest BCUT2D eigenvalue weighted by Crippen LogP contribution is 2.24. The van der Waals surface area contributed by atoms with Crippen molar-refractivity contribution in [1.82, 2.24) is 0 Å². The Morgan fingerprint density at radius 1 is 0.952 bits per heavy atom. The fourth-order valence-electron chi connectivity index (χ4n) is 1.72. The van der Waals surface area contributed by atoms with Crippen LogP contribution in [0.2, 0.25) is 0 Å². The fourth-order valence-corrected chi connectivity index (χ4v) is 1.72. The normalized spacial score (nSPS) is 11.8. The van der Waals surface area contributed by atoms with Crippen LogP contribution >= 0.6 is 0 Å². The van der Waals surface area contributed by atoms with Crippen LogP contribution in [-0.4, -0.2) is 36.6 Å². The van der Waals surface area contributed by atoms with E-state index >= 15 is 0 Å². The molecule has 5 nitrogen and oxygen atoms in total. The van der Waals surface area contributed by atoms with Gasteiger partial charge in [0.05, 0.1) is 19.8 Å². The number of hydrogen-bond donors (Lipinski definition) is 3. The predicted octanol–water partition coefficient (Wildman–Crippen LogP) is 2.25. The van der Waals surface area contributed by atoms with Crippen molar-refractivity contribution < 1.29 is 19.7 Å². The topological polar surface area (TPSA) is 71.0 Å². The van der Waals surface area contributed by atoms with Gasteiger partial charge in [-0.2, -0.15) is 0 Å². The SMILES string of the molecule is COc1ccc(Oc2ccc(NCC(O)CO)cc2)cc1. The third-order valence-corrected chi connectivity index (χ3v) is 2.90. The zero-order chi connectivity index (χ0) is 15.1. The van der Waals surface area contributed by atoms with Crippen molar-refractivity contribution >= 4 is 5.69 Å². The second-order valence-electron chi connectivity index (χ2n) is 4.52. The van der Waals surface area contributed by atoms with Crippen LogP contribution in [0.1, 0.15) is 0 Å². The van der Waals surface area contributed by atoms with Gasteiger partial charge >= 0.3 is 0 Å². The summed E-state index contributed by atoms with van der Waals surface area (Å²) in [4.78, 5) is 0. The first-order chi connectivity index (χ1) is 10.2. The predicted molar refractivity (Wildman–Crippen MR) is 81.1 cm³/mol. The Kier molecular flexibility index (Phi) is 5.43. The second kappa shape index (κ2) is 7.52. The lowest BCUT2D eigenvalue weighted by Gasteiger charge is -2.11. The van der Waals surface area contributed by atoms with E-state index in [1.807, 2.05) is 48.5 Å². The Morgan fingerprint density at radius 3 is 2.00 bits per heavy atom. The van der Waals surface area contributed by atoms with Crippen LogP contribution in [0.5, 0.6) is 17.2 Å². The molecule has 2 rings (SSSR count). The van der Waals surface area contributed by atoms with Crippen molar-refractivity contribution in [2.75, 3.05) is 25.6 Å². The number of anilines is 1. The fraction of sp³-hybridized carbons (Fsp3) is 0.250. The third kappa shape index (κ3) is 4.66. The molecule has 0 aliphatic heterocycles. The first-order valence-electron chi connectivity index (χ1n) is 6.66. The minimum absolute atomic E-state index is 0.258. The van der Waals surface area contributed by atoms with Crippen molar-refractivity contribution in [3.63, 3.8) is 0 Å². The largest absolute Gasteiger partial charge is 0.497 e. The summed E-state index contributed by atoms with van der Waals surface area (Å²) in [5.41, 5.74) is 0.851. The van der Waals surface area contributed by atoms with Crippen LogP contribution in [-0.2, 0) is 0 Å². The van der Waals surface area contributed by atoms with E-state index in [2.05, 4.69) is 5.32 Å². The van der Waals surface area contributed by atoms with Gasteiger partial charge in [0.1, 0.15) is 17.2 Å². The lowest BCUT2D eigenvalue weighted by atomic mass is 10.2. The summed E-state index contributed by atoms with van der Waals surface area (Å²) >= 11 is 0. The Morgan fingerprint density at radius 2 is 1.48 bits per heavy atom. The van der Waals surface area contributed by atoms with Crippen molar-refractivity contribution in [2.45, 2.75) is 6.10 Å².